The summed E-state index contributed by atoms with van der Waals surface area (Å²) in [7, 11) is 0. The average Bonchev–Trinajstić information content (AvgIpc) is 2.94. The number of aromatic amines is 2. The molecule has 5 N–H and O–H groups in total. The van der Waals surface area contributed by atoms with Gasteiger partial charge in [-0.05, 0) is 6.42 Å². The van der Waals surface area contributed by atoms with Crippen LogP contribution in [0.25, 0.3) is 11.0 Å². The number of aliphatic hydroxyl groups excluding tert-OH is 2. The van der Waals surface area contributed by atoms with Crippen LogP contribution in [0.5, 0.6) is 0 Å². The molecule has 102 valence electrons. The van der Waals surface area contributed by atoms with Gasteiger partial charge in [0.2, 0.25) is 0 Å². The number of hydrogen-bond acceptors (Lipinski definition) is 5. The normalized spacial score (nSPS) is 31.1. The van der Waals surface area contributed by atoms with E-state index in [0.29, 0.717) is 23.0 Å². The Morgan fingerprint density at radius 1 is 1.32 bits per heavy atom. The fraction of sp³-hybridized carbons (Fsp3) is 0.500. The molecule has 0 unspecified atom stereocenters. The van der Waals surface area contributed by atoms with Gasteiger partial charge in [-0.15, -0.1) is 0 Å². The van der Waals surface area contributed by atoms with Crippen molar-refractivity contribution in [1.29, 1.82) is 0 Å². The van der Waals surface area contributed by atoms with Crippen LogP contribution in [-0.4, -0.2) is 43.4 Å². The first kappa shape index (κ1) is 12.3. The quantitative estimate of drug-likeness (QED) is 0.497. The monoisotopic (exact) mass is 264 g/mol. The third-order valence-electron chi connectivity index (χ3n) is 3.77. The molecule has 3 rings (SSSR count). The first-order valence-corrected chi connectivity index (χ1v) is 6.30. The third kappa shape index (κ3) is 1.78. The van der Waals surface area contributed by atoms with E-state index in [1.165, 1.54) is 6.33 Å². The van der Waals surface area contributed by atoms with E-state index in [4.69, 9.17) is 0 Å². The summed E-state index contributed by atoms with van der Waals surface area (Å²) < 4.78 is 0. The van der Waals surface area contributed by atoms with Crippen molar-refractivity contribution in [1.82, 2.24) is 20.3 Å². The Labute approximate surface area is 108 Å². The van der Waals surface area contributed by atoms with E-state index in [0.717, 1.165) is 0 Å². The fourth-order valence-electron chi connectivity index (χ4n) is 2.70. The smallest absolute Gasteiger partial charge is 0.275 e. The van der Waals surface area contributed by atoms with Gasteiger partial charge < -0.3 is 25.5 Å². The SMILES string of the molecule is CC[C@H]1N[C@@H](c2c[nH]c3c(=O)[nH]cnc23)[C@H](O)[C@@H]1O. The molecule has 0 bridgehead atoms. The molecule has 0 aromatic carbocycles. The van der Waals surface area contributed by atoms with Gasteiger partial charge in [0.1, 0.15) is 17.1 Å². The molecule has 0 radical (unpaired) electrons. The first-order chi connectivity index (χ1) is 9.13. The van der Waals surface area contributed by atoms with Gasteiger partial charge in [0.25, 0.3) is 5.56 Å². The van der Waals surface area contributed by atoms with Gasteiger partial charge in [0, 0.05) is 17.8 Å². The number of H-pyrrole nitrogens is 2. The van der Waals surface area contributed by atoms with Gasteiger partial charge in [-0.3, -0.25) is 4.79 Å². The summed E-state index contributed by atoms with van der Waals surface area (Å²) in [6.07, 6.45) is 1.97. The topological polar surface area (TPSA) is 114 Å². The van der Waals surface area contributed by atoms with E-state index in [2.05, 4.69) is 20.3 Å². The molecule has 2 aromatic heterocycles. The summed E-state index contributed by atoms with van der Waals surface area (Å²) >= 11 is 0. The van der Waals surface area contributed by atoms with E-state index < -0.39 is 18.2 Å². The van der Waals surface area contributed by atoms with Crippen LogP contribution in [0.3, 0.4) is 0 Å². The maximum atomic E-state index is 11.6. The van der Waals surface area contributed by atoms with Crippen LogP contribution in [-0.2, 0) is 0 Å². The molecule has 3 heterocycles. The number of nitrogens with zero attached hydrogens (tertiary/aromatic N) is 1. The van der Waals surface area contributed by atoms with Crippen LogP contribution in [0, 0.1) is 0 Å². The Morgan fingerprint density at radius 3 is 2.79 bits per heavy atom. The summed E-state index contributed by atoms with van der Waals surface area (Å²) in [5, 5.41) is 23.2. The van der Waals surface area contributed by atoms with Crippen molar-refractivity contribution in [2.24, 2.45) is 0 Å². The van der Waals surface area contributed by atoms with Gasteiger partial charge in [-0.25, -0.2) is 4.98 Å². The summed E-state index contributed by atoms with van der Waals surface area (Å²) in [5.41, 5.74) is 1.34. The lowest BCUT2D eigenvalue weighted by Gasteiger charge is -2.14. The molecule has 7 heteroatoms. The molecule has 1 saturated heterocycles. The number of hydrogen-bond donors (Lipinski definition) is 5. The van der Waals surface area contributed by atoms with Crippen LogP contribution >= 0.6 is 0 Å². The predicted octanol–water partition coefficient (Wildman–Crippen LogP) is -0.604. The molecule has 7 nitrogen and oxygen atoms in total. The maximum Gasteiger partial charge on any atom is 0.275 e. The van der Waals surface area contributed by atoms with E-state index in [-0.39, 0.29) is 11.6 Å². The highest BCUT2D eigenvalue weighted by Crippen LogP contribution is 2.31. The number of fused-ring (bicyclic) bond motifs is 1. The lowest BCUT2D eigenvalue weighted by molar-refractivity contribution is 0.0276. The van der Waals surface area contributed by atoms with Gasteiger partial charge in [0.05, 0.1) is 18.5 Å². The van der Waals surface area contributed by atoms with Crippen molar-refractivity contribution in [2.75, 3.05) is 0 Å². The molecule has 2 aromatic rings. The minimum absolute atomic E-state index is 0.160. The van der Waals surface area contributed by atoms with Crippen LogP contribution < -0.4 is 10.9 Å². The van der Waals surface area contributed by atoms with Gasteiger partial charge in [0.15, 0.2) is 0 Å². The second-order valence-electron chi connectivity index (χ2n) is 4.84. The third-order valence-corrected chi connectivity index (χ3v) is 3.77. The molecule has 0 aliphatic carbocycles. The predicted molar refractivity (Wildman–Crippen MR) is 68.7 cm³/mol. The van der Waals surface area contributed by atoms with Crippen molar-refractivity contribution in [3.63, 3.8) is 0 Å². The lowest BCUT2D eigenvalue weighted by atomic mass is 10.0. The second kappa shape index (κ2) is 4.44. The number of rotatable bonds is 2. The van der Waals surface area contributed by atoms with Crippen molar-refractivity contribution in [3.8, 4) is 0 Å². The Kier molecular flexibility index (Phi) is 2.89. The highest BCUT2D eigenvalue weighted by atomic mass is 16.3. The summed E-state index contributed by atoms with van der Waals surface area (Å²) in [5.74, 6) is 0. The molecule has 4 atom stereocenters. The molecule has 1 aliphatic heterocycles. The molecule has 1 aliphatic rings. The van der Waals surface area contributed by atoms with E-state index in [9.17, 15) is 15.0 Å². The van der Waals surface area contributed by atoms with Crippen molar-refractivity contribution < 1.29 is 10.2 Å². The van der Waals surface area contributed by atoms with E-state index in [1.54, 1.807) is 6.20 Å². The highest BCUT2D eigenvalue weighted by molar-refractivity contribution is 5.78. The van der Waals surface area contributed by atoms with Crippen molar-refractivity contribution >= 4 is 11.0 Å². The first-order valence-electron chi connectivity index (χ1n) is 6.30. The number of nitrogens with one attached hydrogen (secondary N) is 3. The molecule has 0 amide bonds. The molecule has 1 fully saturated rings. The summed E-state index contributed by atoms with van der Waals surface area (Å²) in [6, 6.07) is -0.588. The molecule has 0 spiro atoms. The summed E-state index contributed by atoms with van der Waals surface area (Å²) in [6.45, 7) is 1.94. The zero-order valence-electron chi connectivity index (χ0n) is 10.4. The van der Waals surface area contributed by atoms with Crippen molar-refractivity contribution in [3.05, 3.63) is 28.4 Å². The maximum absolute atomic E-state index is 11.6. The van der Waals surface area contributed by atoms with Crippen LogP contribution in [0.15, 0.2) is 17.3 Å². The number of aromatic nitrogens is 3. The second-order valence-corrected chi connectivity index (χ2v) is 4.84. The Balaban J connectivity index is 2.06. The van der Waals surface area contributed by atoms with E-state index in [1.807, 2.05) is 6.92 Å². The molecular formula is C12H16N4O3. The zero-order valence-corrected chi connectivity index (χ0v) is 10.4. The molecule has 19 heavy (non-hydrogen) atoms. The van der Waals surface area contributed by atoms with Crippen molar-refractivity contribution in [2.45, 2.75) is 37.6 Å². The largest absolute Gasteiger partial charge is 0.389 e. The summed E-state index contributed by atoms with van der Waals surface area (Å²) in [4.78, 5) is 21.1. The molecular weight excluding hydrogens is 248 g/mol. The van der Waals surface area contributed by atoms with Gasteiger partial charge in [-0.2, -0.15) is 0 Å². The van der Waals surface area contributed by atoms with E-state index >= 15 is 0 Å². The zero-order chi connectivity index (χ0) is 13.6. The minimum atomic E-state index is -0.912. The highest BCUT2D eigenvalue weighted by Gasteiger charge is 2.41. The fourth-order valence-corrected chi connectivity index (χ4v) is 2.70. The Morgan fingerprint density at radius 2 is 2.11 bits per heavy atom. The number of aliphatic hydroxyl groups is 2. The standard InChI is InChI=1S/C12H16N4O3/c1-2-6-10(17)11(18)8(16-6)5-3-13-9-7(5)14-4-15-12(9)19/h3-4,6,8,10-11,13,16-18H,2H2,1H3,(H,14,15,19)/t6-,8+,10-,11+/m1/s1. The van der Waals surface area contributed by atoms with Crippen LogP contribution in [0.2, 0.25) is 0 Å². The van der Waals surface area contributed by atoms with Gasteiger partial charge >= 0.3 is 0 Å². The van der Waals surface area contributed by atoms with Crippen LogP contribution in [0.1, 0.15) is 24.9 Å². The Bertz CT molecular complexity index is 650. The Hall–Kier alpha value is -1.70. The van der Waals surface area contributed by atoms with Gasteiger partial charge in [-0.1, -0.05) is 6.92 Å². The lowest BCUT2D eigenvalue weighted by Crippen LogP contribution is -2.31. The average molecular weight is 264 g/mol. The minimum Gasteiger partial charge on any atom is -0.389 e. The molecule has 0 saturated carbocycles. The van der Waals surface area contributed by atoms with Crippen LogP contribution in [0.4, 0.5) is 0 Å².